The second-order valence-corrected chi connectivity index (χ2v) is 1.75. The summed E-state index contributed by atoms with van der Waals surface area (Å²) < 4.78 is 5.14. The molecule has 0 aliphatic heterocycles. The molecule has 0 atom stereocenters. The van der Waals surface area contributed by atoms with Gasteiger partial charge in [0.1, 0.15) is 0 Å². The molecule has 0 aliphatic rings. The molecule has 0 spiro atoms. The average molecular weight is 112 g/mol. The number of ether oxygens (including phenoxy) is 1. The van der Waals surface area contributed by atoms with E-state index >= 15 is 0 Å². The molecule has 2 radical (unpaired) electrons. The summed E-state index contributed by atoms with van der Waals surface area (Å²) in [5.41, 5.74) is 0. The largest absolute Gasteiger partial charge is 0.381 e. The van der Waals surface area contributed by atoms with Crippen molar-refractivity contribution in [2.75, 3.05) is 13.2 Å². The van der Waals surface area contributed by atoms with Crippen LogP contribution in [0.25, 0.3) is 0 Å². The fourth-order valence-electron chi connectivity index (χ4n) is 0.432. The van der Waals surface area contributed by atoms with Crippen LogP contribution in [0.2, 0.25) is 6.32 Å². The quantitative estimate of drug-likeness (QED) is 0.385. The topological polar surface area (TPSA) is 9.23 Å². The van der Waals surface area contributed by atoms with Gasteiger partial charge in [-0.3, -0.25) is 0 Å². The lowest BCUT2D eigenvalue weighted by atomic mass is 10.0. The van der Waals surface area contributed by atoms with Crippen LogP contribution in [0.3, 0.4) is 0 Å². The van der Waals surface area contributed by atoms with E-state index in [2.05, 4.69) is 6.92 Å². The lowest BCUT2D eigenvalue weighted by Crippen LogP contribution is -1.94. The molecule has 8 heavy (non-hydrogen) atoms. The summed E-state index contributed by atoms with van der Waals surface area (Å²) in [7, 11) is 5.23. The number of hydrogen-bond acceptors (Lipinski definition) is 1. The lowest BCUT2D eigenvalue weighted by molar-refractivity contribution is 0.135. The van der Waals surface area contributed by atoms with Gasteiger partial charge in [-0.25, -0.2) is 0 Å². The zero-order valence-corrected chi connectivity index (χ0v) is 5.52. The van der Waals surface area contributed by atoms with E-state index in [4.69, 9.17) is 12.6 Å². The Morgan fingerprint density at radius 2 is 2.12 bits per heavy atom. The fraction of sp³-hybridized carbons (Fsp3) is 1.00. The Morgan fingerprint density at radius 3 is 2.62 bits per heavy atom. The van der Waals surface area contributed by atoms with Gasteiger partial charge in [0.15, 0.2) is 0 Å². The van der Waals surface area contributed by atoms with Crippen molar-refractivity contribution >= 4 is 7.85 Å². The first kappa shape index (κ1) is 8.02. The summed E-state index contributed by atoms with van der Waals surface area (Å²) in [6, 6.07) is 0. The van der Waals surface area contributed by atoms with E-state index in [1.807, 2.05) is 0 Å². The van der Waals surface area contributed by atoms with Crippen LogP contribution < -0.4 is 0 Å². The van der Waals surface area contributed by atoms with Crippen molar-refractivity contribution in [1.82, 2.24) is 0 Å². The smallest absolute Gasteiger partial charge is 0.0654 e. The minimum absolute atomic E-state index is 0.740. The molecule has 0 N–H and O–H groups in total. The Hall–Kier alpha value is 0.0249. The third-order valence-electron chi connectivity index (χ3n) is 0.841. The zero-order valence-electron chi connectivity index (χ0n) is 5.52. The van der Waals surface area contributed by atoms with Crippen LogP contribution in [-0.4, -0.2) is 21.1 Å². The molecule has 0 heterocycles. The first-order chi connectivity index (χ1) is 3.91. The summed E-state index contributed by atoms with van der Waals surface area (Å²) in [5, 5.41) is 0. The summed E-state index contributed by atoms with van der Waals surface area (Å²) in [5.74, 6) is 0. The van der Waals surface area contributed by atoms with Crippen LogP contribution in [-0.2, 0) is 4.74 Å². The van der Waals surface area contributed by atoms with Crippen molar-refractivity contribution in [1.29, 1.82) is 0 Å². The molecule has 2 heteroatoms. The van der Waals surface area contributed by atoms with Gasteiger partial charge in [0, 0.05) is 13.2 Å². The highest BCUT2D eigenvalue weighted by Gasteiger charge is 1.81. The molecule has 0 bridgehead atoms. The standard InChI is InChI=1S/C6H13BO/c1-2-5-8-6-3-4-7/h2-6H2,1H3. The van der Waals surface area contributed by atoms with Crippen LogP contribution in [0.4, 0.5) is 0 Å². The third kappa shape index (κ3) is 6.02. The molecule has 0 aromatic rings. The van der Waals surface area contributed by atoms with Crippen LogP contribution in [0, 0.1) is 0 Å². The summed E-state index contributed by atoms with van der Waals surface area (Å²) >= 11 is 0. The lowest BCUT2D eigenvalue weighted by Gasteiger charge is -1.97. The Kier molecular flexibility index (Phi) is 7.05. The SMILES string of the molecule is [B]CCCOCCC. The van der Waals surface area contributed by atoms with Crippen LogP contribution in [0.1, 0.15) is 19.8 Å². The molecule has 0 unspecified atom stereocenters. The Bertz CT molecular complexity index is 33.5. The van der Waals surface area contributed by atoms with Crippen molar-refractivity contribution in [3.8, 4) is 0 Å². The predicted octanol–water partition coefficient (Wildman–Crippen LogP) is 1.39. The molecule has 0 saturated carbocycles. The maximum Gasteiger partial charge on any atom is 0.0654 e. The van der Waals surface area contributed by atoms with Gasteiger partial charge in [0.25, 0.3) is 0 Å². The predicted molar refractivity (Wildman–Crippen MR) is 36.3 cm³/mol. The van der Waals surface area contributed by atoms with Crippen molar-refractivity contribution in [3.63, 3.8) is 0 Å². The maximum atomic E-state index is 5.23. The van der Waals surface area contributed by atoms with Crippen molar-refractivity contribution in [3.05, 3.63) is 0 Å². The monoisotopic (exact) mass is 112 g/mol. The molecule has 46 valence electrons. The summed E-state index contributed by atoms with van der Waals surface area (Å²) in [4.78, 5) is 0. The highest BCUT2D eigenvalue weighted by Crippen LogP contribution is 1.86. The molecular weight excluding hydrogens is 98.9 g/mol. The number of hydrogen-bond donors (Lipinski definition) is 0. The molecule has 0 rings (SSSR count). The van der Waals surface area contributed by atoms with Gasteiger partial charge in [-0.2, -0.15) is 0 Å². The van der Waals surface area contributed by atoms with E-state index in [0.717, 1.165) is 32.4 Å². The Labute approximate surface area is 52.8 Å². The molecule has 0 aromatic carbocycles. The van der Waals surface area contributed by atoms with E-state index < -0.39 is 0 Å². The molecule has 0 saturated heterocycles. The van der Waals surface area contributed by atoms with Gasteiger partial charge < -0.3 is 4.74 Å². The van der Waals surface area contributed by atoms with Crippen molar-refractivity contribution in [2.24, 2.45) is 0 Å². The minimum atomic E-state index is 0.740. The van der Waals surface area contributed by atoms with Crippen molar-refractivity contribution in [2.45, 2.75) is 26.1 Å². The van der Waals surface area contributed by atoms with E-state index in [-0.39, 0.29) is 0 Å². The van der Waals surface area contributed by atoms with Gasteiger partial charge in [-0.15, -0.1) is 0 Å². The first-order valence-corrected chi connectivity index (χ1v) is 3.19. The second-order valence-electron chi connectivity index (χ2n) is 1.75. The van der Waals surface area contributed by atoms with E-state index in [1.54, 1.807) is 0 Å². The van der Waals surface area contributed by atoms with E-state index in [1.165, 1.54) is 0 Å². The van der Waals surface area contributed by atoms with Gasteiger partial charge in [-0.05, 0) is 12.8 Å². The average Bonchev–Trinajstić information content (AvgIpc) is 1.81. The number of rotatable bonds is 5. The van der Waals surface area contributed by atoms with Crippen LogP contribution in [0.15, 0.2) is 0 Å². The maximum absolute atomic E-state index is 5.23. The zero-order chi connectivity index (χ0) is 6.24. The Balaban J connectivity index is 2.53. The summed E-state index contributed by atoms with van der Waals surface area (Å²) in [6.07, 6.45) is 2.83. The first-order valence-electron chi connectivity index (χ1n) is 3.19. The highest BCUT2D eigenvalue weighted by molar-refractivity contribution is 6.08. The molecule has 0 fully saturated rings. The molecular formula is C6H13BO. The molecule has 1 nitrogen and oxygen atoms in total. The molecule has 0 aromatic heterocycles. The highest BCUT2D eigenvalue weighted by atomic mass is 16.5. The molecule has 0 amide bonds. The van der Waals surface area contributed by atoms with Gasteiger partial charge in [0.05, 0.1) is 7.85 Å². The molecule has 0 aliphatic carbocycles. The fourth-order valence-corrected chi connectivity index (χ4v) is 0.432. The van der Waals surface area contributed by atoms with Gasteiger partial charge in [0.2, 0.25) is 0 Å². The minimum Gasteiger partial charge on any atom is -0.381 e. The Morgan fingerprint density at radius 1 is 1.38 bits per heavy atom. The van der Waals surface area contributed by atoms with E-state index in [0.29, 0.717) is 0 Å². The summed E-state index contributed by atoms with van der Waals surface area (Å²) in [6.45, 7) is 3.80. The van der Waals surface area contributed by atoms with Gasteiger partial charge in [-0.1, -0.05) is 13.2 Å². The van der Waals surface area contributed by atoms with E-state index in [9.17, 15) is 0 Å². The normalized spacial score (nSPS) is 9.62. The van der Waals surface area contributed by atoms with Crippen molar-refractivity contribution < 1.29 is 4.74 Å². The van der Waals surface area contributed by atoms with Crippen LogP contribution in [0.5, 0.6) is 0 Å². The second kappa shape index (κ2) is 7.02. The van der Waals surface area contributed by atoms with Gasteiger partial charge >= 0.3 is 0 Å². The van der Waals surface area contributed by atoms with Crippen LogP contribution >= 0.6 is 0 Å². The third-order valence-corrected chi connectivity index (χ3v) is 0.841.